The van der Waals surface area contributed by atoms with Gasteiger partial charge >= 0.3 is 0 Å². The summed E-state index contributed by atoms with van der Waals surface area (Å²) < 4.78 is 10.6. The molecule has 0 aliphatic rings. The van der Waals surface area contributed by atoms with Gasteiger partial charge in [-0.1, -0.05) is 0 Å². The average molecular weight is 224 g/mol. The molecule has 1 rings (SSSR count). The highest BCUT2D eigenvalue weighted by Crippen LogP contribution is 2.16. The Balaban J connectivity index is 2.41. The van der Waals surface area contributed by atoms with Crippen molar-refractivity contribution in [3.63, 3.8) is 0 Å². The molecule has 0 aliphatic carbocycles. The standard InChI is InChI=1S/C12H20N2O2/c1-10-5-6-12(11(9-13)14-10)16-8-4-3-7-15-2/h5-6H,3-4,7-9,13H2,1-2H3. The fraction of sp³-hybridized carbons (Fsp3) is 0.583. The Bertz CT molecular complexity index is 316. The number of hydrogen-bond donors (Lipinski definition) is 1. The summed E-state index contributed by atoms with van der Waals surface area (Å²) in [4.78, 5) is 4.33. The summed E-state index contributed by atoms with van der Waals surface area (Å²) in [5.41, 5.74) is 7.40. The summed E-state index contributed by atoms with van der Waals surface area (Å²) in [5, 5.41) is 0. The summed E-state index contributed by atoms with van der Waals surface area (Å²) in [6.07, 6.45) is 1.99. The number of rotatable bonds is 7. The maximum Gasteiger partial charge on any atom is 0.142 e. The minimum absolute atomic E-state index is 0.412. The van der Waals surface area contributed by atoms with Gasteiger partial charge < -0.3 is 15.2 Å². The van der Waals surface area contributed by atoms with Crippen LogP contribution in [-0.4, -0.2) is 25.3 Å². The first-order valence-electron chi connectivity index (χ1n) is 5.56. The second-order valence-electron chi connectivity index (χ2n) is 3.65. The quantitative estimate of drug-likeness (QED) is 0.715. The zero-order valence-corrected chi connectivity index (χ0v) is 10.0. The van der Waals surface area contributed by atoms with E-state index in [1.54, 1.807) is 7.11 Å². The zero-order chi connectivity index (χ0) is 11.8. The van der Waals surface area contributed by atoms with Crippen LogP contribution in [0.3, 0.4) is 0 Å². The number of nitrogens with two attached hydrogens (primary N) is 1. The van der Waals surface area contributed by atoms with Gasteiger partial charge in [0.2, 0.25) is 0 Å². The summed E-state index contributed by atoms with van der Waals surface area (Å²) in [6, 6.07) is 3.87. The van der Waals surface area contributed by atoms with Crippen LogP contribution < -0.4 is 10.5 Å². The van der Waals surface area contributed by atoms with Gasteiger partial charge in [-0.25, -0.2) is 0 Å². The molecular formula is C12H20N2O2. The molecule has 2 N–H and O–H groups in total. The molecule has 0 fully saturated rings. The molecule has 0 amide bonds. The number of hydrogen-bond acceptors (Lipinski definition) is 4. The van der Waals surface area contributed by atoms with E-state index in [0.717, 1.165) is 36.6 Å². The maximum absolute atomic E-state index is 5.63. The predicted octanol–water partition coefficient (Wildman–Crippen LogP) is 1.65. The van der Waals surface area contributed by atoms with E-state index in [1.807, 2.05) is 19.1 Å². The smallest absolute Gasteiger partial charge is 0.142 e. The topological polar surface area (TPSA) is 57.4 Å². The van der Waals surface area contributed by atoms with E-state index in [2.05, 4.69) is 4.98 Å². The molecule has 90 valence electrons. The summed E-state index contributed by atoms with van der Waals surface area (Å²) in [5.74, 6) is 0.797. The second-order valence-corrected chi connectivity index (χ2v) is 3.65. The first kappa shape index (κ1) is 12.9. The Labute approximate surface area is 96.8 Å². The molecule has 4 heteroatoms. The van der Waals surface area contributed by atoms with E-state index in [-0.39, 0.29) is 0 Å². The molecule has 0 atom stereocenters. The minimum atomic E-state index is 0.412. The zero-order valence-electron chi connectivity index (χ0n) is 10.0. The maximum atomic E-state index is 5.63. The van der Waals surface area contributed by atoms with Crippen molar-refractivity contribution in [2.24, 2.45) is 5.73 Å². The lowest BCUT2D eigenvalue weighted by molar-refractivity contribution is 0.184. The van der Waals surface area contributed by atoms with Crippen LogP contribution in [0.15, 0.2) is 12.1 Å². The van der Waals surface area contributed by atoms with Gasteiger partial charge in [0, 0.05) is 26.0 Å². The average Bonchev–Trinajstić information content (AvgIpc) is 2.30. The van der Waals surface area contributed by atoms with Gasteiger partial charge in [-0.3, -0.25) is 4.98 Å². The molecule has 4 nitrogen and oxygen atoms in total. The Morgan fingerprint density at radius 2 is 2.00 bits per heavy atom. The third-order valence-electron chi connectivity index (χ3n) is 2.27. The normalized spacial score (nSPS) is 10.4. The lowest BCUT2D eigenvalue weighted by Crippen LogP contribution is -2.07. The summed E-state index contributed by atoms with van der Waals surface area (Å²) in [7, 11) is 1.71. The van der Waals surface area contributed by atoms with Crippen molar-refractivity contribution >= 4 is 0 Å². The molecule has 16 heavy (non-hydrogen) atoms. The van der Waals surface area contributed by atoms with Crippen molar-refractivity contribution in [3.05, 3.63) is 23.5 Å². The van der Waals surface area contributed by atoms with Crippen LogP contribution in [0.4, 0.5) is 0 Å². The summed E-state index contributed by atoms with van der Waals surface area (Å²) in [6.45, 7) is 3.82. The van der Waals surface area contributed by atoms with E-state index >= 15 is 0 Å². The Kier molecular flexibility index (Phi) is 5.82. The Morgan fingerprint density at radius 1 is 1.25 bits per heavy atom. The van der Waals surface area contributed by atoms with Crippen LogP contribution in [0, 0.1) is 6.92 Å². The number of aromatic nitrogens is 1. The lowest BCUT2D eigenvalue weighted by atomic mass is 10.3. The molecule has 0 aromatic carbocycles. The third kappa shape index (κ3) is 4.16. The van der Waals surface area contributed by atoms with Crippen molar-refractivity contribution < 1.29 is 9.47 Å². The second kappa shape index (κ2) is 7.19. The van der Waals surface area contributed by atoms with Crippen LogP contribution in [-0.2, 0) is 11.3 Å². The molecule has 0 bridgehead atoms. The van der Waals surface area contributed by atoms with E-state index in [0.29, 0.717) is 13.2 Å². The number of methoxy groups -OCH3 is 1. The fourth-order valence-corrected chi connectivity index (χ4v) is 1.41. The molecular weight excluding hydrogens is 204 g/mol. The van der Waals surface area contributed by atoms with Gasteiger partial charge in [-0.2, -0.15) is 0 Å². The van der Waals surface area contributed by atoms with Gasteiger partial charge in [0.1, 0.15) is 5.75 Å². The lowest BCUT2D eigenvalue weighted by Gasteiger charge is -2.10. The van der Waals surface area contributed by atoms with Crippen molar-refractivity contribution in [2.45, 2.75) is 26.3 Å². The molecule has 0 aliphatic heterocycles. The number of aryl methyl sites for hydroxylation is 1. The molecule has 0 spiro atoms. The molecule has 1 heterocycles. The highest BCUT2D eigenvalue weighted by atomic mass is 16.5. The predicted molar refractivity (Wildman–Crippen MR) is 63.5 cm³/mol. The number of pyridine rings is 1. The number of nitrogens with zero attached hydrogens (tertiary/aromatic N) is 1. The molecule has 0 unspecified atom stereocenters. The van der Waals surface area contributed by atoms with Crippen LogP contribution in [0.5, 0.6) is 5.75 Å². The van der Waals surface area contributed by atoms with Gasteiger partial charge in [0.25, 0.3) is 0 Å². The molecule has 1 aromatic heterocycles. The van der Waals surface area contributed by atoms with Gasteiger partial charge in [0.15, 0.2) is 0 Å². The van der Waals surface area contributed by atoms with Gasteiger partial charge in [-0.05, 0) is 31.9 Å². The van der Waals surface area contributed by atoms with Crippen molar-refractivity contribution in [1.82, 2.24) is 4.98 Å². The fourth-order valence-electron chi connectivity index (χ4n) is 1.41. The Morgan fingerprint density at radius 3 is 2.69 bits per heavy atom. The largest absolute Gasteiger partial charge is 0.492 e. The third-order valence-corrected chi connectivity index (χ3v) is 2.27. The van der Waals surface area contributed by atoms with Crippen molar-refractivity contribution in [1.29, 1.82) is 0 Å². The van der Waals surface area contributed by atoms with E-state index in [4.69, 9.17) is 15.2 Å². The molecule has 1 aromatic rings. The SMILES string of the molecule is COCCCCOc1ccc(C)nc1CN. The van der Waals surface area contributed by atoms with E-state index < -0.39 is 0 Å². The highest BCUT2D eigenvalue weighted by molar-refractivity contribution is 5.28. The number of ether oxygens (including phenoxy) is 2. The first-order chi connectivity index (χ1) is 7.77. The van der Waals surface area contributed by atoms with E-state index in [9.17, 15) is 0 Å². The Hall–Kier alpha value is -1.13. The van der Waals surface area contributed by atoms with Crippen LogP contribution in [0.2, 0.25) is 0 Å². The van der Waals surface area contributed by atoms with Crippen molar-refractivity contribution in [3.8, 4) is 5.75 Å². The first-order valence-corrected chi connectivity index (χ1v) is 5.56. The van der Waals surface area contributed by atoms with Gasteiger partial charge in [-0.15, -0.1) is 0 Å². The van der Waals surface area contributed by atoms with Crippen LogP contribution in [0.1, 0.15) is 24.2 Å². The van der Waals surface area contributed by atoms with E-state index in [1.165, 1.54) is 0 Å². The van der Waals surface area contributed by atoms with Crippen molar-refractivity contribution in [2.75, 3.05) is 20.3 Å². The molecule has 0 saturated heterocycles. The van der Waals surface area contributed by atoms with Crippen LogP contribution in [0.25, 0.3) is 0 Å². The van der Waals surface area contributed by atoms with Crippen LogP contribution >= 0.6 is 0 Å². The monoisotopic (exact) mass is 224 g/mol. The highest BCUT2D eigenvalue weighted by Gasteiger charge is 2.03. The van der Waals surface area contributed by atoms with Gasteiger partial charge in [0.05, 0.1) is 12.3 Å². The number of unbranched alkanes of at least 4 members (excludes halogenated alkanes) is 1. The molecule has 0 radical (unpaired) electrons. The molecule has 0 saturated carbocycles. The summed E-state index contributed by atoms with van der Waals surface area (Å²) >= 11 is 0. The minimum Gasteiger partial charge on any atom is -0.492 e.